The Morgan fingerprint density at radius 2 is 1.82 bits per heavy atom. The zero-order chi connectivity index (χ0) is 15.7. The van der Waals surface area contributed by atoms with Crippen molar-refractivity contribution >= 4 is 45.7 Å². The third-order valence-corrected chi connectivity index (χ3v) is 3.72. The third kappa shape index (κ3) is 2.84. The molecule has 2 aromatic carbocycles. The van der Waals surface area contributed by atoms with Crippen LogP contribution in [0.1, 0.15) is 10.4 Å². The predicted molar refractivity (Wildman–Crippen MR) is 89.0 cm³/mol. The fourth-order valence-corrected chi connectivity index (χ4v) is 2.63. The molecule has 0 radical (unpaired) electrons. The van der Waals surface area contributed by atoms with Gasteiger partial charge in [-0.15, -0.1) is 0 Å². The molecule has 22 heavy (non-hydrogen) atoms. The second kappa shape index (κ2) is 5.83. The number of halogens is 2. The molecule has 0 saturated carbocycles. The summed E-state index contributed by atoms with van der Waals surface area (Å²) in [4.78, 5) is 26.8. The van der Waals surface area contributed by atoms with Gasteiger partial charge in [-0.1, -0.05) is 41.4 Å². The van der Waals surface area contributed by atoms with Crippen molar-refractivity contribution in [1.82, 2.24) is 4.98 Å². The van der Waals surface area contributed by atoms with Gasteiger partial charge in [-0.2, -0.15) is 0 Å². The number of benzene rings is 2. The van der Waals surface area contributed by atoms with Crippen molar-refractivity contribution in [1.29, 1.82) is 0 Å². The zero-order valence-corrected chi connectivity index (χ0v) is 12.7. The van der Waals surface area contributed by atoms with Crippen LogP contribution in [0, 0.1) is 0 Å². The number of carbonyl (C=O) groups excluding carboxylic acids is 1. The van der Waals surface area contributed by atoms with Crippen LogP contribution in [0.25, 0.3) is 10.9 Å². The topological polar surface area (TPSA) is 62.0 Å². The minimum absolute atomic E-state index is 0.283. The Hall–Kier alpha value is -2.30. The van der Waals surface area contributed by atoms with E-state index in [0.717, 1.165) is 0 Å². The molecule has 0 aliphatic carbocycles. The van der Waals surface area contributed by atoms with Crippen LogP contribution < -0.4 is 10.9 Å². The van der Waals surface area contributed by atoms with Crippen LogP contribution >= 0.6 is 23.2 Å². The van der Waals surface area contributed by atoms with E-state index in [1.54, 1.807) is 36.4 Å². The number of pyridine rings is 1. The van der Waals surface area contributed by atoms with Gasteiger partial charge in [0, 0.05) is 22.0 Å². The van der Waals surface area contributed by atoms with Gasteiger partial charge in [0.1, 0.15) is 0 Å². The highest BCUT2D eigenvalue weighted by molar-refractivity contribution is 6.37. The van der Waals surface area contributed by atoms with E-state index in [1.165, 1.54) is 12.1 Å². The van der Waals surface area contributed by atoms with Crippen molar-refractivity contribution in [2.45, 2.75) is 0 Å². The van der Waals surface area contributed by atoms with E-state index in [1.807, 2.05) is 0 Å². The van der Waals surface area contributed by atoms with Crippen molar-refractivity contribution in [2.24, 2.45) is 0 Å². The number of H-pyrrole nitrogens is 1. The number of aromatic nitrogens is 1. The summed E-state index contributed by atoms with van der Waals surface area (Å²) in [6.07, 6.45) is 0. The average Bonchev–Trinajstić information content (AvgIpc) is 2.49. The molecule has 1 amide bonds. The quantitative estimate of drug-likeness (QED) is 0.742. The van der Waals surface area contributed by atoms with Crippen molar-refractivity contribution in [3.63, 3.8) is 0 Å². The van der Waals surface area contributed by atoms with Gasteiger partial charge in [0.25, 0.3) is 5.91 Å². The number of carbonyl (C=O) groups is 1. The number of rotatable bonds is 2. The van der Waals surface area contributed by atoms with Crippen LogP contribution in [0.4, 0.5) is 5.69 Å². The standard InChI is InChI=1S/C16H10Cl2N2O2/c17-9-5-6-14(12(18)7-9)20-16(22)11-8-15(21)19-13-4-2-1-3-10(11)13/h1-8H,(H,19,21)(H,20,22). The Morgan fingerprint density at radius 3 is 2.59 bits per heavy atom. The fraction of sp³-hybridized carbons (Fsp3) is 0. The molecule has 4 nitrogen and oxygen atoms in total. The molecule has 0 spiro atoms. The summed E-state index contributed by atoms with van der Waals surface area (Å²) in [7, 11) is 0. The Balaban J connectivity index is 2.04. The highest BCUT2D eigenvalue weighted by Crippen LogP contribution is 2.26. The number of nitrogens with one attached hydrogen (secondary N) is 2. The monoisotopic (exact) mass is 332 g/mol. The first-order valence-corrected chi connectivity index (χ1v) is 7.18. The van der Waals surface area contributed by atoms with Gasteiger partial charge < -0.3 is 10.3 Å². The maximum absolute atomic E-state index is 12.5. The van der Waals surface area contributed by atoms with Crippen LogP contribution in [0.3, 0.4) is 0 Å². The molecule has 0 fully saturated rings. The molecule has 1 heterocycles. The number of hydrogen-bond donors (Lipinski definition) is 2. The summed E-state index contributed by atoms with van der Waals surface area (Å²) in [5.74, 6) is -0.411. The molecular formula is C16H10Cl2N2O2. The molecule has 2 N–H and O–H groups in total. The lowest BCUT2D eigenvalue weighted by Gasteiger charge is -2.09. The fourth-order valence-electron chi connectivity index (χ4n) is 2.17. The Labute approximate surface area is 135 Å². The molecule has 1 aromatic heterocycles. The van der Waals surface area contributed by atoms with Gasteiger partial charge in [-0.25, -0.2) is 0 Å². The number of anilines is 1. The molecule has 0 saturated heterocycles. The van der Waals surface area contributed by atoms with Crippen LogP contribution in [0.15, 0.2) is 53.3 Å². The second-order valence-electron chi connectivity index (χ2n) is 4.67. The molecule has 110 valence electrons. The molecule has 3 aromatic rings. The van der Waals surface area contributed by atoms with E-state index in [0.29, 0.717) is 26.6 Å². The van der Waals surface area contributed by atoms with Gasteiger partial charge in [0.15, 0.2) is 0 Å². The summed E-state index contributed by atoms with van der Waals surface area (Å²) >= 11 is 11.9. The smallest absolute Gasteiger partial charge is 0.256 e. The minimum atomic E-state index is -0.411. The third-order valence-electron chi connectivity index (χ3n) is 3.17. The highest BCUT2D eigenvalue weighted by Gasteiger charge is 2.13. The van der Waals surface area contributed by atoms with E-state index in [-0.39, 0.29) is 11.1 Å². The summed E-state index contributed by atoms with van der Waals surface area (Å²) in [6.45, 7) is 0. The number of hydrogen-bond acceptors (Lipinski definition) is 2. The van der Waals surface area contributed by atoms with Crippen molar-refractivity contribution in [3.05, 3.63) is 74.5 Å². The van der Waals surface area contributed by atoms with E-state index in [4.69, 9.17) is 23.2 Å². The minimum Gasteiger partial charge on any atom is -0.322 e. The van der Waals surface area contributed by atoms with Crippen molar-refractivity contribution < 1.29 is 4.79 Å². The molecule has 0 aliphatic heterocycles. The zero-order valence-electron chi connectivity index (χ0n) is 11.2. The number of aromatic amines is 1. The van der Waals surface area contributed by atoms with Crippen molar-refractivity contribution in [3.8, 4) is 0 Å². The van der Waals surface area contributed by atoms with E-state index in [2.05, 4.69) is 10.3 Å². The normalized spacial score (nSPS) is 10.6. The molecular weight excluding hydrogens is 323 g/mol. The van der Waals surface area contributed by atoms with Crippen LogP contribution in [-0.4, -0.2) is 10.9 Å². The highest BCUT2D eigenvalue weighted by atomic mass is 35.5. The summed E-state index contributed by atoms with van der Waals surface area (Å²) in [5, 5.41) is 4.15. The van der Waals surface area contributed by atoms with Gasteiger partial charge in [0.2, 0.25) is 5.56 Å². The van der Waals surface area contributed by atoms with Gasteiger partial charge in [-0.3, -0.25) is 9.59 Å². The summed E-state index contributed by atoms with van der Waals surface area (Å²) in [5.41, 5.74) is 0.971. The molecule has 3 rings (SSSR count). The van der Waals surface area contributed by atoms with E-state index >= 15 is 0 Å². The average molecular weight is 333 g/mol. The molecule has 0 aliphatic rings. The molecule has 6 heteroatoms. The van der Waals surface area contributed by atoms with E-state index < -0.39 is 5.91 Å². The maximum atomic E-state index is 12.5. The number of para-hydroxylation sites is 1. The molecule has 0 unspecified atom stereocenters. The Kier molecular flexibility index (Phi) is 3.88. The first-order chi connectivity index (χ1) is 10.5. The summed E-state index contributed by atoms with van der Waals surface area (Å²) < 4.78 is 0. The SMILES string of the molecule is O=C(Nc1ccc(Cl)cc1Cl)c1cc(=O)[nH]c2ccccc12. The lowest BCUT2D eigenvalue weighted by molar-refractivity contribution is 0.102. The largest absolute Gasteiger partial charge is 0.322 e. The lowest BCUT2D eigenvalue weighted by Crippen LogP contribution is -2.17. The molecule has 0 bridgehead atoms. The lowest BCUT2D eigenvalue weighted by atomic mass is 10.1. The predicted octanol–water partition coefficient (Wildman–Crippen LogP) is 4.09. The van der Waals surface area contributed by atoms with Crippen molar-refractivity contribution in [2.75, 3.05) is 5.32 Å². The van der Waals surface area contributed by atoms with Crippen LogP contribution in [0.5, 0.6) is 0 Å². The van der Waals surface area contributed by atoms with Gasteiger partial charge in [0.05, 0.1) is 16.3 Å². The van der Waals surface area contributed by atoms with Crippen LogP contribution in [-0.2, 0) is 0 Å². The Morgan fingerprint density at radius 1 is 1.05 bits per heavy atom. The van der Waals surface area contributed by atoms with E-state index in [9.17, 15) is 9.59 Å². The van der Waals surface area contributed by atoms with Crippen LogP contribution in [0.2, 0.25) is 10.0 Å². The second-order valence-corrected chi connectivity index (χ2v) is 5.51. The Bertz CT molecular complexity index is 935. The number of fused-ring (bicyclic) bond motifs is 1. The number of amides is 1. The van der Waals surface area contributed by atoms with Gasteiger partial charge in [-0.05, 0) is 24.3 Å². The summed E-state index contributed by atoms with van der Waals surface area (Å²) in [6, 6.07) is 13.1. The van der Waals surface area contributed by atoms with Gasteiger partial charge >= 0.3 is 0 Å². The maximum Gasteiger partial charge on any atom is 0.256 e. The molecule has 0 atom stereocenters. The first kappa shape index (κ1) is 14.6. The first-order valence-electron chi connectivity index (χ1n) is 6.43.